The van der Waals surface area contributed by atoms with E-state index in [0.717, 1.165) is 16.5 Å². The number of aryl methyl sites for hydroxylation is 1. The van der Waals surface area contributed by atoms with Crippen molar-refractivity contribution in [1.82, 2.24) is 5.32 Å². The molecule has 0 heterocycles. The Labute approximate surface area is 117 Å². The molecule has 18 heavy (non-hydrogen) atoms. The van der Waals surface area contributed by atoms with Crippen LogP contribution in [0.4, 0.5) is 0 Å². The predicted molar refractivity (Wildman–Crippen MR) is 76.7 cm³/mol. The quantitative estimate of drug-likeness (QED) is 0.878. The fourth-order valence-electron chi connectivity index (χ4n) is 1.85. The third-order valence-electron chi connectivity index (χ3n) is 2.76. The molecule has 1 amide bonds. The zero-order valence-corrected chi connectivity index (χ0v) is 12.6. The van der Waals surface area contributed by atoms with Gasteiger partial charge in [0.1, 0.15) is 0 Å². The van der Waals surface area contributed by atoms with Crippen molar-refractivity contribution < 1.29 is 9.90 Å². The molecule has 1 aromatic rings. The normalized spacial score (nSPS) is 12.6. The minimum Gasteiger partial charge on any atom is -0.394 e. The molecule has 0 saturated carbocycles. The summed E-state index contributed by atoms with van der Waals surface area (Å²) in [7, 11) is 0. The smallest absolute Gasteiger partial charge is 0.251 e. The van der Waals surface area contributed by atoms with E-state index in [-0.39, 0.29) is 18.6 Å². The third-order valence-corrected chi connectivity index (χ3v) is 3.25. The van der Waals surface area contributed by atoms with Crippen LogP contribution in [0.2, 0.25) is 0 Å². The Morgan fingerprint density at radius 1 is 1.44 bits per heavy atom. The average Bonchev–Trinajstić information content (AvgIpc) is 2.30. The van der Waals surface area contributed by atoms with Crippen LogP contribution in [0.5, 0.6) is 0 Å². The fraction of sp³-hybridized carbons (Fsp3) is 0.500. The molecule has 3 nitrogen and oxygen atoms in total. The van der Waals surface area contributed by atoms with E-state index in [1.165, 1.54) is 0 Å². The summed E-state index contributed by atoms with van der Waals surface area (Å²) in [5, 5.41) is 12.1. The van der Waals surface area contributed by atoms with Gasteiger partial charge in [0.25, 0.3) is 5.91 Å². The van der Waals surface area contributed by atoms with Crippen LogP contribution in [0.3, 0.4) is 0 Å². The van der Waals surface area contributed by atoms with Crippen molar-refractivity contribution >= 4 is 21.8 Å². The van der Waals surface area contributed by atoms with Gasteiger partial charge in [-0.15, -0.1) is 0 Å². The first-order valence-corrected chi connectivity index (χ1v) is 6.91. The Balaban J connectivity index is 2.77. The minimum atomic E-state index is -0.184. The molecular formula is C14H20BrNO2. The molecule has 0 fully saturated rings. The lowest BCUT2D eigenvalue weighted by Gasteiger charge is -2.19. The van der Waals surface area contributed by atoms with Gasteiger partial charge in [-0.3, -0.25) is 4.79 Å². The lowest BCUT2D eigenvalue weighted by Crippen LogP contribution is -2.38. The maximum Gasteiger partial charge on any atom is 0.251 e. The number of hydrogen-bond acceptors (Lipinski definition) is 2. The number of carbonyl (C=O) groups excluding carboxylic acids is 1. The van der Waals surface area contributed by atoms with Crippen molar-refractivity contribution in [1.29, 1.82) is 0 Å². The summed E-state index contributed by atoms with van der Waals surface area (Å²) in [6.45, 7) is 6.01. The van der Waals surface area contributed by atoms with Gasteiger partial charge in [0.15, 0.2) is 0 Å². The zero-order valence-electron chi connectivity index (χ0n) is 11.0. The van der Waals surface area contributed by atoms with Gasteiger partial charge in [-0.2, -0.15) is 0 Å². The largest absolute Gasteiger partial charge is 0.394 e. The van der Waals surface area contributed by atoms with Gasteiger partial charge in [-0.05, 0) is 37.0 Å². The first-order chi connectivity index (χ1) is 8.43. The Morgan fingerprint density at radius 2 is 2.11 bits per heavy atom. The van der Waals surface area contributed by atoms with Crippen molar-refractivity contribution in [2.75, 3.05) is 6.61 Å². The first kappa shape index (κ1) is 15.2. The number of benzene rings is 1. The number of carbonyl (C=O) groups is 1. The Bertz CT molecular complexity index is 418. The summed E-state index contributed by atoms with van der Waals surface area (Å²) in [6, 6.07) is 5.42. The average molecular weight is 314 g/mol. The van der Waals surface area contributed by atoms with E-state index < -0.39 is 0 Å². The molecule has 0 aromatic heterocycles. The molecule has 1 unspecified atom stereocenters. The van der Waals surface area contributed by atoms with Gasteiger partial charge in [0, 0.05) is 10.0 Å². The minimum absolute atomic E-state index is 0.0308. The molecule has 4 heteroatoms. The van der Waals surface area contributed by atoms with Crippen molar-refractivity contribution in [3.05, 3.63) is 33.8 Å². The molecule has 0 saturated heterocycles. The molecule has 100 valence electrons. The topological polar surface area (TPSA) is 49.3 Å². The van der Waals surface area contributed by atoms with Crippen LogP contribution in [0, 0.1) is 12.8 Å². The van der Waals surface area contributed by atoms with Crippen LogP contribution in [0.15, 0.2) is 22.7 Å². The Hall–Kier alpha value is -0.870. The second kappa shape index (κ2) is 6.90. The van der Waals surface area contributed by atoms with E-state index in [4.69, 9.17) is 0 Å². The van der Waals surface area contributed by atoms with Crippen molar-refractivity contribution in [3.63, 3.8) is 0 Å². The number of amides is 1. The van der Waals surface area contributed by atoms with E-state index in [1.807, 2.05) is 19.1 Å². The summed E-state index contributed by atoms with van der Waals surface area (Å²) in [4.78, 5) is 12.1. The Morgan fingerprint density at radius 3 is 2.67 bits per heavy atom. The maximum absolute atomic E-state index is 12.1. The standard InChI is InChI=1S/C14H20BrNO2/c1-9(2)6-12(8-17)16-14(18)13-7-11(15)5-4-10(13)3/h4-5,7,9,12,17H,6,8H2,1-3H3,(H,16,18). The van der Waals surface area contributed by atoms with Gasteiger partial charge >= 0.3 is 0 Å². The van der Waals surface area contributed by atoms with Crippen LogP contribution < -0.4 is 5.32 Å². The molecule has 1 atom stereocenters. The van der Waals surface area contributed by atoms with Crippen LogP contribution in [0.1, 0.15) is 36.2 Å². The molecule has 0 radical (unpaired) electrons. The van der Waals surface area contributed by atoms with Crippen LogP contribution in [0.25, 0.3) is 0 Å². The zero-order chi connectivity index (χ0) is 13.7. The van der Waals surface area contributed by atoms with Crippen molar-refractivity contribution in [3.8, 4) is 0 Å². The molecule has 0 bridgehead atoms. The lowest BCUT2D eigenvalue weighted by molar-refractivity contribution is 0.0907. The second-order valence-electron chi connectivity index (χ2n) is 4.94. The number of halogens is 1. The number of aliphatic hydroxyl groups is 1. The summed E-state index contributed by atoms with van der Waals surface area (Å²) in [5.74, 6) is 0.305. The highest BCUT2D eigenvalue weighted by Gasteiger charge is 2.15. The first-order valence-electron chi connectivity index (χ1n) is 6.12. The predicted octanol–water partition coefficient (Wildman–Crippen LogP) is 2.89. The summed E-state index contributed by atoms with van der Waals surface area (Å²) < 4.78 is 0.877. The van der Waals surface area contributed by atoms with Crippen LogP contribution in [-0.2, 0) is 0 Å². The van der Waals surface area contributed by atoms with Gasteiger partial charge < -0.3 is 10.4 Å². The SMILES string of the molecule is Cc1ccc(Br)cc1C(=O)NC(CO)CC(C)C. The van der Waals surface area contributed by atoms with Crippen molar-refractivity contribution in [2.45, 2.75) is 33.2 Å². The maximum atomic E-state index is 12.1. The molecule has 1 rings (SSSR count). The Kier molecular flexibility index (Phi) is 5.82. The van der Waals surface area contributed by atoms with Gasteiger partial charge in [0.2, 0.25) is 0 Å². The molecular weight excluding hydrogens is 294 g/mol. The van der Waals surface area contributed by atoms with E-state index in [9.17, 15) is 9.90 Å². The summed E-state index contributed by atoms with van der Waals surface area (Å²) in [5.41, 5.74) is 1.57. The van der Waals surface area contributed by atoms with Crippen LogP contribution in [-0.4, -0.2) is 23.7 Å². The fourth-order valence-corrected chi connectivity index (χ4v) is 2.21. The third kappa shape index (κ3) is 4.42. The van der Waals surface area contributed by atoms with E-state index in [0.29, 0.717) is 11.5 Å². The molecule has 0 aliphatic rings. The highest BCUT2D eigenvalue weighted by atomic mass is 79.9. The molecule has 0 spiro atoms. The highest BCUT2D eigenvalue weighted by molar-refractivity contribution is 9.10. The number of hydrogen-bond donors (Lipinski definition) is 2. The van der Waals surface area contributed by atoms with E-state index in [2.05, 4.69) is 35.1 Å². The van der Waals surface area contributed by atoms with Gasteiger partial charge in [-0.1, -0.05) is 35.8 Å². The van der Waals surface area contributed by atoms with Gasteiger partial charge in [-0.25, -0.2) is 0 Å². The summed E-state index contributed by atoms with van der Waals surface area (Å²) >= 11 is 3.36. The van der Waals surface area contributed by atoms with Gasteiger partial charge in [0.05, 0.1) is 12.6 Å². The summed E-state index contributed by atoms with van der Waals surface area (Å²) in [6.07, 6.45) is 0.773. The van der Waals surface area contributed by atoms with E-state index >= 15 is 0 Å². The number of aliphatic hydroxyl groups excluding tert-OH is 1. The molecule has 0 aliphatic carbocycles. The highest BCUT2D eigenvalue weighted by Crippen LogP contribution is 2.16. The monoisotopic (exact) mass is 313 g/mol. The van der Waals surface area contributed by atoms with Crippen molar-refractivity contribution in [2.24, 2.45) is 5.92 Å². The van der Waals surface area contributed by atoms with E-state index in [1.54, 1.807) is 6.07 Å². The van der Waals surface area contributed by atoms with Crippen LogP contribution >= 0.6 is 15.9 Å². The second-order valence-corrected chi connectivity index (χ2v) is 5.86. The molecule has 2 N–H and O–H groups in total. The molecule has 0 aliphatic heterocycles. The molecule has 1 aromatic carbocycles. The lowest BCUT2D eigenvalue weighted by atomic mass is 10.0. The number of nitrogens with one attached hydrogen (secondary N) is 1. The number of rotatable bonds is 5.